The quantitative estimate of drug-likeness (QED) is 0.345. The van der Waals surface area contributed by atoms with Crippen LogP contribution in [0.25, 0.3) is 5.32 Å². The summed E-state index contributed by atoms with van der Waals surface area (Å²) in [6, 6.07) is 0.281. The Morgan fingerprint density at radius 1 is 1.32 bits per heavy atom. The van der Waals surface area contributed by atoms with Crippen molar-refractivity contribution >= 4 is 16.6 Å². The molecule has 11 heteroatoms. The van der Waals surface area contributed by atoms with Gasteiger partial charge in [-0.15, -0.1) is 12.6 Å². The van der Waals surface area contributed by atoms with Crippen molar-refractivity contribution < 1.29 is 45.1 Å². The summed E-state index contributed by atoms with van der Waals surface area (Å²) >= 11 is -3.44. The molecule has 1 aliphatic carbocycles. The van der Waals surface area contributed by atoms with Crippen molar-refractivity contribution in [3.63, 3.8) is 0 Å². The van der Waals surface area contributed by atoms with E-state index in [-0.39, 0.29) is 6.04 Å². The maximum atomic E-state index is 8.78. The molecule has 3 atom stereocenters. The monoisotopic (exact) mass is 412 g/mol. The number of nitrogens with zero attached hydrogens (tertiary/aromatic N) is 2. The summed E-state index contributed by atoms with van der Waals surface area (Å²) in [5, 5.41) is 4.72. The summed E-state index contributed by atoms with van der Waals surface area (Å²) in [6.07, 6.45) is 9.94. The zero-order valence-electron chi connectivity index (χ0n) is 13.7. The van der Waals surface area contributed by atoms with Gasteiger partial charge in [-0.05, 0) is 30.8 Å². The predicted octanol–water partition coefficient (Wildman–Crippen LogP) is 1.35. The molecule has 0 fully saturated rings. The first-order chi connectivity index (χ1) is 11.5. The van der Waals surface area contributed by atoms with Crippen LogP contribution in [0.1, 0.15) is 20.3 Å². The molecular weight excluding hydrogens is 391 g/mol. The molecule has 0 aromatic heterocycles. The second kappa shape index (κ2) is 9.65. The van der Waals surface area contributed by atoms with Gasteiger partial charge in [0.15, 0.2) is 0 Å². The van der Waals surface area contributed by atoms with Crippen LogP contribution in [0.15, 0.2) is 40.1 Å². The van der Waals surface area contributed by atoms with E-state index in [9.17, 15) is 0 Å². The van der Waals surface area contributed by atoms with Crippen LogP contribution in [0.5, 0.6) is 0 Å². The number of rotatable bonds is 0. The van der Waals surface area contributed by atoms with Crippen molar-refractivity contribution in [2.75, 3.05) is 6.54 Å². The third-order valence-corrected chi connectivity index (χ3v) is 3.86. The van der Waals surface area contributed by atoms with Crippen molar-refractivity contribution in [2.24, 2.45) is 16.8 Å². The zero-order chi connectivity index (χ0) is 19.2. The van der Waals surface area contributed by atoms with Gasteiger partial charge in [0.05, 0.1) is 0 Å². The van der Waals surface area contributed by atoms with Gasteiger partial charge >= 0.3 is 37.9 Å². The van der Waals surface area contributed by atoms with Crippen LogP contribution in [0.3, 0.4) is 0 Å². The fourth-order valence-corrected chi connectivity index (χ4v) is 2.79. The molecule has 141 valence electrons. The summed E-state index contributed by atoms with van der Waals surface area (Å²) in [5.41, 5.74) is 4.07. The molecule has 0 aromatic rings. The zero-order valence-corrected chi connectivity index (χ0v) is 15.9. The van der Waals surface area contributed by atoms with Gasteiger partial charge in [0.25, 0.3) is 0 Å². The molecule has 0 bridgehead atoms. The first-order valence-electron chi connectivity index (χ1n) is 7.33. The Labute approximate surface area is 151 Å². The van der Waals surface area contributed by atoms with Gasteiger partial charge in [0.1, 0.15) is 0 Å². The van der Waals surface area contributed by atoms with E-state index >= 15 is 0 Å². The number of aliphatic imine (C=N–C) groups is 1. The fourth-order valence-electron chi connectivity index (χ4n) is 2.79. The van der Waals surface area contributed by atoms with Crippen LogP contribution in [-0.4, -0.2) is 44.4 Å². The Balaban J connectivity index is 0.000000293. The van der Waals surface area contributed by atoms with Crippen LogP contribution >= 0.6 is 0 Å². The van der Waals surface area contributed by atoms with E-state index in [4.69, 9.17) is 34.6 Å². The van der Waals surface area contributed by atoms with Gasteiger partial charge in [-0.2, -0.15) is 8.42 Å². The van der Waals surface area contributed by atoms with Crippen LogP contribution in [0.4, 0.5) is 0 Å². The SMILES string of the molecule is CC1=CC[N-]C2C3=C(C=CC12)C(C)CC=N3.O=S(=O)(O)O.[O]=[V]([OH])[OH]. The molecular formula is C14H21N2O7SV-. The molecule has 3 unspecified atom stereocenters. The van der Waals surface area contributed by atoms with Crippen molar-refractivity contribution in [3.8, 4) is 0 Å². The minimum atomic E-state index is -4.67. The second-order valence-corrected chi connectivity index (χ2v) is 7.32. The Bertz CT molecular complexity index is 715. The van der Waals surface area contributed by atoms with Gasteiger partial charge in [-0.25, -0.2) is 0 Å². The van der Waals surface area contributed by atoms with E-state index < -0.39 is 26.2 Å². The summed E-state index contributed by atoms with van der Waals surface area (Å²) in [6.45, 7) is 5.33. The number of hydrogen-bond donors (Lipinski definition) is 4. The molecule has 0 saturated carbocycles. The summed E-state index contributed by atoms with van der Waals surface area (Å²) in [5.74, 6) is 1.06. The van der Waals surface area contributed by atoms with Gasteiger partial charge in [-0.1, -0.05) is 30.7 Å². The molecule has 0 amide bonds. The number of hydrogen-bond acceptors (Lipinski definition) is 4. The van der Waals surface area contributed by atoms with E-state index in [0.717, 1.165) is 13.0 Å². The topological polar surface area (TPSA) is 159 Å². The third-order valence-electron chi connectivity index (χ3n) is 3.86. The summed E-state index contributed by atoms with van der Waals surface area (Å²) < 4.78 is 54.8. The van der Waals surface area contributed by atoms with Crippen molar-refractivity contribution in [1.82, 2.24) is 0 Å². The molecule has 0 aromatic carbocycles. The molecule has 25 heavy (non-hydrogen) atoms. The average molecular weight is 412 g/mol. The van der Waals surface area contributed by atoms with Crippen molar-refractivity contribution in [1.29, 1.82) is 0 Å². The molecule has 0 radical (unpaired) electrons. The van der Waals surface area contributed by atoms with Crippen LogP contribution in [-0.2, 0) is 29.9 Å². The molecule has 3 rings (SSSR count). The predicted molar refractivity (Wildman–Crippen MR) is 87.0 cm³/mol. The van der Waals surface area contributed by atoms with E-state index in [1.807, 2.05) is 0 Å². The molecule has 9 nitrogen and oxygen atoms in total. The average Bonchev–Trinajstić information content (AvgIpc) is 2.45. The molecule has 2 aliphatic heterocycles. The fraction of sp³-hybridized carbons (Fsp3) is 0.500. The Hall–Kier alpha value is -0.976. The van der Waals surface area contributed by atoms with Gasteiger partial charge in [0, 0.05) is 11.9 Å². The van der Waals surface area contributed by atoms with Crippen molar-refractivity contribution in [2.45, 2.75) is 26.3 Å². The van der Waals surface area contributed by atoms with E-state index in [1.165, 1.54) is 16.8 Å². The molecule has 3 aliphatic rings. The van der Waals surface area contributed by atoms with Gasteiger partial charge in [0.2, 0.25) is 0 Å². The van der Waals surface area contributed by atoms with E-state index in [0.29, 0.717) is 11.8 Å². The molecule has 4 N–H and O–H groups in total. The van der Waals surface area contributed by atoms with Crippen LogP contribution in [0, 0.1) is 11.8 Å². The van der Waals surface area contributed by atoms with Gasteiger partial charge < -0.3 is 5.32 Å². The summed E-state index contributed by atoms with van der Waals surface area (Å²) in [7, 11) is -4.67. The maximum absolute atomic E-state index is 8.78. The van der Waals surface area contributed by atoms with E-state index in [1.54, 1.807) is 0 Å². The summed E-state index contributed by atoms with van der Waals surface area (Å²) in [4.78, 5) is 4.60. The van der Waals surface area contributed by atoms with Crippen molar-refractivity contribution in [3.05, 3.63) is 40.4 Å². The first-order valence-corrected chi connectivity index (χ1v) is 10.5. The normalized spacial score (nSPS) is 27.0. The number of allylic oxidation sites excluding steroid dienone is 2. The standard InChI is InChI=1S/C14H17N2.H2O4S.2H2O.O.V/c1-9-5-7-15-13-11(9)3-4-12-10(2)6-8-16-14(12)13;1-5(2,3)4;;;;/h3-5,8,10-11,13H,6-7H2,1-2H3;(H2,1,2,3,4);2*1H2;;/q-1;;;;;+2/p-2. The van der Waals surface area contributed by atoms with Crippen LogP contribution < -0.4 is 0 Å². The Morgan fingerprint density at radius 3 is 2.44 bits per heavy atom. The second-order valence-electron chi connectivity index (χ2n) is 5.63. The third kappa shape index (κ3) is 7.84. The first kappa shape index (κ1) is 22.1. The minimum absolute atomic E-state index is 0.281. The van der Waals surface area contributed by atoms with Gasteiger partial charge in [-0.3, -0.25) is 14.1 Å². The molecule has 0 spiro atoms. The van der Waals surface area contributed by atoms with Crippen LogP contribution in [0.2, 0.25) is 0 Å². The Morgan fingerprint density at radius 2 is 1.88 bits per heavy atom. The molecule has 2 heterocycles. The molecule has 0 saturated heterocycles. The Kier molecular flexibility index (Phi) is 8.52. The number of fused-ring (bicyclic) bond motifs is 2. The van der Waals surface area contributed by atoms with E-state index in [2.05, 4.69) is 43.3 Å².